The highest BCUT2D eigenvalue weighted by Crippen LogP contribution is 2.41. The van der Waals surface area contributed by atoms with E-state index in [1.165, 1.54) is 0 Å². The molecular weight excluding hydrogens is 316 g/mol. The van der Waals surface area contributed by atoms with Crippen molar-refractivity contribution in [3.63, 3.8) is 0 Å². The molecule has 0 N–H and O–H groups in total. The summed E-state index contributed by atoms with van der Waals surface area (Å²) in [6.45, 7) is 15.1. The number of rotatable bonds is 3. The third-order valence-electron chi connectivity index (χ3n) is 4.55. The molecule has 0 bridgehead atoms. The molecule has 1 aliphatic heterocycles. The molecule has 0 fully saturated rings. The van der Waals surface area contributed by atoms with E-state index in [0.717, 1.165) is 11.1 Å². The maximum Gasteiger partial charge on any atom is 0.306 e. The fraction of sp³-hybridized carbons (Fsp3) is 0.619. The number of fused-ring (bicyclic) bond motifs is 1. The molecule has 0 aliphatic carbocycles. The minimum Gasteiger partial charge on any atom is -0.492 e. The van der Waals surface area contributed by atoms with Gasteiger partial charge in [-0.3, -0.25) is 9.59 Å². The number of carbonyl (C=O) groups is 2. The first-order chi connectivity index (χ1) is 11.4. The van der Waals surface area contributed by atoms with Gasteiger partial charge in [0.1, 0.15) is 5.75 Å². The van der Waals surface area contributed by atoms with Gasteiger partial charge in [0.2, 0.25) is 0 Å². The predicted molar refractivity (Wildman–Crippen MR) is 98.4 cm³/mol. The van der Waals surface area contributed by atoms with Gasteiger partial charge in [0.15, 0.2) is 5.78 Å². The van der Waals surface area contributed by atoms with Crippen LogP contribution in [-0.2, 0) is 20.4 Å². The van der Waals surface area contributed by atoms with E-state index in [2.05, 4.69) is 47.6 Å². The summed E-state index contributed by atoms with van der Waals surface area (Å²) in [4.78, 5) is 24.8. The Labute approximate surface area is 150 Å². The molecule has 0 amide bonds. The Hall–Kier alpha value is -1.84. The van der Waals surface area contributed by atoms with Gasteiger partial charge in [-0.2, -0.15) is 0 Å². The first-order valence-electron chi connectivity index (χ1n) is 8.96. The topological polar surface area (TPSA) is 52.6 Å². The van der Waals surface area contributed by atoms with Crippen LogP contribution >= 0.6 is 0 Å². The number of Topliss-reactive ketones (excluding diaryl/α,β-unsaturated/α-hetero) is 1. The second-order valence-corrected chi connectivity index (χ2v) is 8.78. The lowest BCUT2D eigenvalue weighted by Crippen LogP contribution is -2.32. The van der Waals surface area contributed by atoms with Crippen LogP contribution in [0.4, 0.5) is 0 Å². The van der Waals surface area contributed by atoms with Crippen molar-refractivity contribution in [1.82, 2.24) is 0 Å². The van der Waals surface area contributed by atoms with Gasteiger partial charge in [0.05, 0.1) is 31.1 Å². The number of hydrogen-bond donors (Lipinski definition) is 0. The third-order valence-corrected chi connectivity index (χ3v) is 4.55. The fourth-order valence-electron chi connectivity index (χ4n) is 3.01. The van der Waals surface area contributed by atoms with E-state index in [1.54, 1.807) is 6.92 Å². The molecule has 4 nitrogen and oxygen atoms in total. The van der Waals surface area contributed by atoms with E-state index >= 15 is 0 Å². The van der Waals surface area contributed by atoms with Crippen LogP contribution in [0.15, 0.2) is 12.1 Å². The lowest BCUT2D eigenvalue weighted by atomic mass is 9.77. The summed E-state index contributed by atoms with van der Waals surface area (Å²) in [5.74, 6) is -0.179. The summed E-state index contributed by atoms with van der Waals surface area (Å²) in [6, 6.07) is 4.09. The van der Waals surface area contributed by atoms with Crippen LogP contribution in [0.3, 0.4) is 0 Å². The van der Waals surface area contributed by atoms with Gasteiger partial charge < -0.3 is 9.47 Å². The van der Waals surface area contributed by atoms with Crippen LogP contribution in [0.2, 0.25) is 0 Å². The van der Waals surface area contributed by atoms with Crippen molar-refractivity contribution in [2.45, 2.75) is 65.7 Å². The van der Waals surface area contributed by atoms with Crippen LogP contribution in [0.1, 0.15) is 76.4 Å². The lowest BCUT2D eigenvalue weighted by Gasteiger charge is -2.32. The Balaban J connectivity index is 2.49. The molecule has 1 aromatic rings. The lowest BCUT2D eigenvalue weighted by molar-refractivity contribution is -0.144. The Morgan fingerprint density at radius 2 is 1.80 bits per heavy atom. The summed E-state index contributed by atoms with van der Waals surface area (Å²) in [5, 5.41) is 0. The number of benzene rings is 1. The minimum absolute atomic E-state index is 0.0223. The summed E-state index contributed by atoms with van der Waals surface area (Å²) < 4.78 is 11.0. The van der Waals surface area contributed by atoms with E-state index < -0.39 is 5.92 Å². The molecule has 4 heteroatoms. The molecule has 1 atom stereocenters. The van der Waals surface area contributed by atoms with Crippen molar-refractivity contribution >= 4 is 11.8 Å². The summed E-state index contributed by atoms with van der Waals surface area (Å²) in [5.41, 5.74) is 2.52. The van der Waals surface area contributed by atoms with Crippen LogP contribution in [0.25, 0.3) is 0 Å². The molecule has 2 rings (SSSR count). The quantitative estimate of drug-likeness (QED) is 0.760. The zero-order chi connectivity index (χ0) is 19.0. The Bertz CT molecular complexity index is 674. The van der Waals surface area contributed by atoms with Crippen molar-refractivity contribution in [1.29, 1.82) is 0 Å². The summed E-state index contributed by atoms with van der Waals surface area (Å²) in [6.07, 6.45) is 0.0662. The van der Waals surface area contributed by atoms with Crippen LogP contribution in [-0.4, -0.2) is 25.0 Å². The predicted octanol–water partition coefficient (Wildman–Crippen LogP) is 4.43. The van der Waals surface area contributed by atoms with Gasteiger partial charge in [0.25, 0.3) is 0 Å². The Kier molecular flexibility index (Phi) is 5.31. The van der Waals surface area contributed by atoms with Gasteiger partial charge in [-0.1, -0.05) is 47.6 Å². The van der Waals surface area contributed by atoms with Gasteiger partial charge in [0, 0.05) is 5.56 Å². The van der Waals surface area contributed by atoms with E-state index in [0.29, 0.717) is 17.9 Å². The Morgan fingerprint density at radius 1 is 1.16 bits per heavy atom. The number of ether oxygens (including phenoxy) is 2. The SMILES string of the molecule is CCOC(=O)C[C@@H]1COc2c(cc(C(C)(C)C)cc2C(C)(C)C)C1=O. The van der Waals surface area contributed by atoms with E-state index in [4.69, 9.17) is 9.47 Å². The average Bonchev–Trinajstić information content (AvgIpc) is 2.47. The molecule has 0 saturated heterocycles. The maximum atomic E-state index is 13.0. The molecule has 1 aliphatic rings. The van der Waals surface area contributed by atoms with Crippen molar-refractivity contribution in [3.05, 3.63) is 28.8 Å². The van der Waals surface area contributed by atoms with Crippen LogP contribution in [0, 0.1) is 5.92 Å². The number of esters is 1. The first kappa shape index (κ1) is 19.5. The molecule has 25 heavy (non-hydrogen) atoms. The third kappa shape index (κ3) is 4.23. The van der Waals surface area contributed by atoms with Crippen molar-refractivity contribution in [2.24, 2.45) is 5.92 Å². The van der Waals surface area contributed by atoms with Crippen LogP contribution in [0.5, 0.6) is 5.75 Å². The zero-order valence-electron chi connectivity index (χ0n) is 16.5. The van der Waals surface area contributed by atoms with Crippen molar-refractivity contribution in [2.75, 3.05) is 13.2 Å². The smallest absolute Gasteiger partial charge is 0.306 e. The standard InChI is InChI=1S/C21H30O4/c1-8-24-17(22)9-13-12-25-19-15(18(13)23)10-14(20(2,3)4)11-16(19)21(5,6)7/h10-11,13H,8-9,12H2,1-7H3/t13-/m1/s1. The number of ketones is 1. The van der Waals surface area contributed by atoms with Crippen LogP contribution < -0.4 is 4.74 Å². The fourth-order valence-corrected chi connectivity index (χ4v) is 3.01. The normalized spacial score (nSPS) is 17.7. The largest absolute Gasteiger partial charge is 0.492 e. The number of hydrogen-bond acceptors (Lipinski definition) is 4. The molecule has 1 heterocycles. The zero-order valence-corrected chi connectivity index (χ0v) is 16.5. The van der Waals surface area contributed by atoms with Gasteiger partial charge in [-0.05, 0) is 29.4 Å². The average molecular weight is 346 g/mol. The second kappa shape index (κ2) is 6.81. The molecule has 0 spiro atoms. The number of carbonyl (C=O) groups excluding carboxylic acids is 2. The molecule has 0 aromatic heterocycles. The molecule has 1 aromatic carbocycles. The Morgan fingerprint density at radius 3 is 2.32 bits per heavy atom. The first-order valence-corrected chi connectivity index (χ1v) is 8.96. The van der Waals surface area contributed by atoms with E-state index in [9.17, 15) is 9.59 Å². The molecule has 0 unspecified atom stereocenters. The summed E-state index contributed by atoms with van der Waals surface area (Å²) in [7, 11) is 0. The minimum atomic E-state index is -0.477. The van der Waals surface area contributed by atoms with Gasteiger partial charge >= 0.3 is 5.97 Å². The summed E-state index contributed by atoms with van der Waals surface area (Å²) >= 11 is 0. The monoisotopic (exact) mass is 346 g/mol. The van der Waals surface area contributed by atoms with Crippen molar-refractivity contribution < 1.29 is 19.1 Å². The van der Waals surface area contributed by atoms with Gasteiger partial charge in [-0.25, -0.2) is 0 Å². The molecular formula is C21H30O4. The molecule has 0 radical (unpaired) electrons. The van der Waals surface area contributed by atoms with E-state index in [-0.39, 0.29) is 35.6 Å². The highest BCUT2D eigenvalue weighted by molar-refractivity contribution is 6.03. The maximum absolute atomic E-state index is 13.0. The second-order valence-electron chi connectivity index (χ2n) is 8.78. The van der Waals surface area contributed by atoms with Crippen molar-refractivity contribution in [3.8, 4) is 5.75 Å². The highest BCUT2D eigenvalue weighted by atomic mass is 16.5. The molecule has 138 valence electrons. The molecule has 0 saturated carbocycles. The van der Waals surface area contributed by atoms with E-state index in [1.807, 2.05) is 6.07 Å². The highest BCUT2D eigenvalue weighted by Gasteiger charge is 2.36. The van der Waals surface area contributed by atoms with Gasteiger partial charge in [-0.15, -0.1) is 0 Å².